The van der Waals surface area contributed by atoms with Gasteiger partial charge < -0.3 is 9.30 Å². The molecule has 0 radical (unpaired) electrons. The Labute approximate surface area is 108 Å². The number of carbonyl (C=O) groups excluding carboxylic acids is 1. The Morgan fingerprint density at radius 2 is 2.16 bits per heavy atom. The van der Waals surface area contributed by atoms with Gasteiger partial charge in [-0.2, -0.15) is 13.2 Å². The third kappa shape index (κ3) is 4.23. The van der Waals surface area contributed by atoms with Crippen LogP contribution in [0.5, 0.6) is 0 Å². The van der Waals surface area contributed by atoms with Crippen LogP contribution in [-0.4, -0.2) is 35.4 Å². The van der Waals surface area contributed by atoms with Crippen LogP contribution in [0.15, 0.2) is 12.5 Å². The minimum atomic E-state index is -4.41. The predicted molar refractivity (Wildman–Crippen MR) is 61.4 cm³/mol. The Hall–Kier alpha value is -1.57. The number of esters is 1. The largest absolute Gasteiger partial charge is 0.468 e. The lowest BCUT2D eigenvalue weighted by Gasteiger charge is -2.20. The smallest absolute Gasteiger partial charge is 0.401 e. The Bertz CT molecular complexity index is 429. The number of nitrogens with zero attached hydrogens (tertiary/aromatic N) is 2. The number of rotatable bonds is 5. The molecular formula is C11H16F3N3O2. The monoisotopic (exact) mass is 279 g/mol. The van der Waals surface area contributed by atoms with E-state index in [0.717, 1.165) is 7.11 Å². The lowest BCUT2D eigenvalue weighted by molar-refractivity contribution is -0.147. The zero-order valence-corrected chi connectivity index (χ0v) is 10.9. The second kappa shape index (κ2) is 6.05. The van der Waals surface area contributed by atoms with E-state index in [-0.39, 0.29) is 6.04 Å². The highest BCUT2D eigenvalue weighted by Crippen LogP contribution is 2.20. The van der Waals surface area contributed by atoms with Crippen LogP contribution in [0.4, 0.5) is 13.2 Å². The molecule has 1 aromatic rings. The number of halogens is 3. The molecule has 5 nitrogen and oxygen atoms in total. The molecule has 0 amide bonds. The molecule has 0 aromatic carbocycles. The number of carbonyl (C=O) groups is 1. The normalized spacial score (nSPS) is 13.6. The minimum Gasteiger partial charge on any atom is -0.468 e. The van der Waals surface area contributed by atoms with Gasteiger partial charge in [-0.15, -0.1) is 0 Å². The topological polar surface area (TPSA) is 56.1 Å². The molecule has 1 atom stereocenters. The van der Waals surface area contributed by atoms with Gasteiger partial charge in [0.05, 0.1) is 31.9 Å². The second-order valence-corrected chi connectivity index (χ2v) is 4.27. The molecule has 0 bridgehead atoms. The van der Waals surface area contributed by atoms with Gasteiger partial charge in [0.25, 0.3) is 0 Å². The van der Waals surface area contributed by atoms with E-state index < -0.39 is 24.7 Å². The third-order valence-electron chi connectivity index (χ3n) is 2.49. The molecule has 1 unspecified atom stereocenters. The van der Waals surface area contributed by atoms with Crippen molar-refractivity contribution >= 4 is 5.97 Å². The first-order valence-corrected chi connectivity index (χ1v) is 5.66. The van der Waals surface area contributed by atoms with Crippen molar-refractivity contribution in [1.82, 2.24) is 14.9 Å². The van der Waals surface area contributed by atoms with Crippen molar-refractivity contribution in [3.05, 3.63) is 18.2 Å². The molecule has 1 aromatic heterocycles. The van der Waals surface area contributed by atoms with Crippen molar-refractivity contribution in [2.24, 2.45) is 0 Å². The molecule has 0 spiro atoms. The summed E-state index contributed by atoms with van der Waals surface area (Å²) in [6, 6.07) is -1.23. The predicted octanol–water partition coefficient (Wildman–Crippen LogP) is 1.83. The molecule has 8 heteroatoms. The summed E-state index contributed by atoms with van der Waals surface area (Å²) in [6.07, 6.45) is -1.59. The molecule has 0 fully saturated rings. The maximum atomic E-state index is 12.2. The third-order valence-corrected chi connectivity index (χ3v) is 2.49. The maximum Gasteiger partial charge on any atom is 0.401 e. The van der Waals surface area contributed by atoms with Gasteiger partial charge in [0, 0.05) is 6.04 Å². The van der Waals surface area contributed by atoms with Gasteiger partial charge in [0.2, 0.25) is 0 Å². The van der Waals surface area contributed by atoms with Gasteiger partial charge in [-0.25, -0.2) is 9.78 Å². The molecule has 0 saturated carbocycles. The van der Waals surface area contributed by atoms with Crippen LogP contribution < -0.4 is 5.32 Å². The highest BCUT2D eigenvalue weighted by atomic mass is 19.4. The quantitative estimate of drug-likeness (QED) is 0.835. The number of imidazole rings is 1. The Balaban J connectivity index is 2.97. The first-order chi connectivity index (χ1) is 8.76. The lowest BCUT2D eigenvalue weighted by atomic mass is 10.2. The van der Waals surface area contributed by atoms with Crippen LogP contribution in [0.3, 0.4) is 0 Å². The van der Waals surface area contributed by atoms with E-state index in [1.807, 2.05) is 13.8 Å². The zero-order chi connectivity index (χ0) is 14.6. The van der Waals surface area contributed by atoms with Crippen LogP contribution in [0, 0.1) is 0 Å². The fourth-order valence-corrected chi connectivity index (χ4v) is 1.61. The Morgan fingerprint density at radius 1 is 1.53 bits per heavy atom. The number of nitrogens with one attached hydrogen (secondary N) is 1. The summed E-state index contributed by atoms with van der Waals surface area (Å²) >= 11 is 0. The number of methoxy groups -OCH3 is 1. The average Bonchev–Trinajstić information content (AvgIpc) is 2.76. The number of alkyl halides is 3. The first kappa shape index (κ1) is 15.5. The van der Waals surface area contributed by atoms with E-state index in [4.69, 9.17) is 0 Å². The highest BCUT2D eigenvalue weighted by Gasteiger charge is 2.32. The molecule has 1 rings (SSSR count). The van der Waals surface area contributed by atoms with Crippen LogP contribution in [0.1, 0.15) is 31.6 Å². The summed E-state index contributed by atoms with van der Waals surface area (Å²) in [7, 11) is 1.13. The number of aromatic nitrogens is 2. The molecule has 19 heavy (non-hydrogen) atoms. The van der Waals surface area contributed by atoms with E-state index in [0.29, 0.717) is 5.69 Å². The summed E-state index contributed by atoms with van der Waals surface area (Å²) in [4.78, 5) is 15.5. The van der Waals surface area contributed by atoms with Gasteiger partial charge in [0.15, 0.2) is 0 Å². The van der Waals surface area contributed by atoms with E-state index in [9.17, 15) is 18.0 Å². The summed E-state index contributed by atoms with van der Waals surface area (Å²) < 4.78 is 42.9. The van der Waals surface area contributed by atoms with E-state index in [1.165, 1.54) is 12.5 Å². The molecule has 1 N–H and O–H groups in total. The minimum absolute atomic E-state index is 0.0302. The van der Waals surface area contributed by atoms with Crippen molar-refractivity contribution in [3.63, 3.8) is 0 Å². The van der Waals surface area contributed by atoms with Gasteiger partial charge >= 0.3 is 12.1 Å². The van der Waals surface area contributed by atoms with Gasteiger partial charge in [0.1, 0.15) is 6.04 Å². The molecule has 0 aliphatic rings. The molecule has 0 saturated heterocycles. The van der Waals surface area contributed by atoms with Crippen molar-refractivity contribution in [1.29, 1.82) is 0 Å². The molecule has 0 aliphatic heterocycles. The van der Waals surface area contributed by atoms with Gasteiger partial charge in [-0.3, -0.25) is 5.32 Å². The Morgan fingerprint density at radius 3 is 2.63 bits per heavy atom. The lowest BCUT2D eigenvalue weighted by Crippen LogP contribution is -2.37. The average molecular weight is 279 g/mol. The second-order valence-electron chi connectivity index (χ2n) is 4.27. The van der Waals surface area contributed by atoms with Crippen molar-refractivity contribution in [2.75, 3.05) is 13.7 Å². The van der Waals surface area contributed by atoms with Crippen molar-refractivity contribution in [3.8, 4) is 0 Å². The standard InChI is InChI=1S/C11H16F3N3O2/c1-7(2)17-6-15-4-8(17)9(10(18)19-3)16-5-11(12,13)14/h4,6-7,9,16H,5H2,1-3H3. The van der Waals surface area contributed by atoms with Crippen LogP contribution in [-0.2, 0) is 9.53 Å². The van der Waals surface area contributed by atoms with E-state index in [2.05, 4.69) is 15.0 Å². The number of hydrogen-bond acceptors (Lipinski definition) is 4. The summed E-state index contributed by atoms with van der Waals surface area (Å²) in [5.74, 6) is -0.786. The Kier molecular flexibility index (Phi) is 4.93. The van der Waals surface area contributed by atoms with E-state index in [1.54, 1.807) is 4.57 Å². The molecule has 0 aliphatic carbocycles. The van der Waals surface area contributed by atoms with Crippen LogP contribution >= 0.6 is 0 Å². The number of ether oxygens (including phenoxy) is 1. The van der Waals surface area contributed by atoms with Crippen molar-refractivity contribution < 1.29 is 22.7 Å². The fraction of sp³-hybridized carbons (Fsp3) is 0.636. The highest BCUT2D eigenvalue weighted by molar-refractivity contribution is 5.76. The van der Waals surface area contributed by atoms with Gasteiger partial charge in [-0.1, -0.05) is 0 Å². The van der Waals surface area contributed by atoms with Gasteiger partial charge in [-0.05, 0) is 13.8 Å². The number of hydrogen-bond donors (Lipinski definition) is 1. The SMILES string of the molecule is COC(=O)C(NCC(F)(F)F)c1cncn1C(C)C. The van der Waals surface area contributed by atoms with Crippen LogP contribution in [0.25, 0.3) is 0 Å². The van der Waals surface area contributed by atoms with Crippen LogP contribution in [0.2, 0.25) is 0 Å². The van der Waals surface area contributed by atoms with Crippen molar-refractivity contribution in [2.45, 2.75) is 32.1 Å². The zero-order valence-electron chi connectivity index (χ0n) is 10.9. The summed E-state index contributed by atoms with van der Waals surface area (Å²) in [6.45, 7) is 2.39. The maximum absolute atomic E-state index is 12.2. The molecule has 108 valence electrons. The van der Waals surface area contributed by atoms with E-state index >= 15 is 0 Å². The molecular weight excluding hydrogens is 263 g/mol. The summed E-state index contributed by atoms with van der Waals surface area (Å²) in [5.41, 5.74) is 0.339. The first-order valence-electron chi connectivity index (χ1n) is 5.66. The molecule has 1 heterocycles. The fourth-order valence-electron chi connectivity index (χ4n) is 1.61. The summed E-state index contributed by atoms with van der Waals surface area (Å²) in [5, 5.41) is 2.15.